The van der Waals surface area contributed by atoms with Crippen LogP contribution in [0.5, 0.6) is 0 Å². The molecule has 0 aromatic rings. The molecule has 0 aromatic heterocycles. The van der Waals surface area contributed by atoms with Gasteiger partial charge in [0, 0.05) is 32.3 Å². The minimum atomic E-state index is -0.420. The second-order valence-corrected chi connectivity index (χ2v) is 7.57. The van der Waals surface area contributed by atoms with Crippen molar-refractivity contribution in [3.8, 4) is 0 Å². The summed E-state index contributed by atoms with van der Waals surface area (Å²) in [7, 11) is 1.80. The number of amides is 1. The van der Waals surface area contributed by atoms with Gasteiger partial charge in [-0.15, -0.1) is 0 Å². The molecule has 0 aromatic carbocycles. The van der Waals surface area contributed by atoms with Crippen molar-refractivity contribution in [1.29, 1.82) is 0 Å². The average molecular weight is 312 g/mol. The van der Waals surface area contributed by atoms with Crippen LogP contribution in [0.4, 0.5) is 4.79 Å². The van der Waals surface area contributed by atoms with Crippen LogP contribution in [0.3, 0.4) is 0 Å². The molecule has 5 heteroatoms. The summed E-state index contributed by atoms with van der Waals surface area (Å²) in [5, 5.41) is 3.59. The monoisotopic (exact) mass is 312 g/mol. The van der Waals surface area contributed by atoms with Crippen molar-refractivity contribution >= 4 is 6.09 Å². The quantitative estimate of drug-likeness (QED) is 0.819. The number of methoxy groups -OCH3 is 1. The first kappa shape index (κ1) is 17.5. The molecule has 128 valence electrons. The zero-order valence-corrected chi connectivity index (χ0v) is 14.6. The van der Waals surface area contributed by atoms with Crippen molar-refractivity contribution < 1.29 is 14.3 Å². The highest BCUT2D eigenvalue weighted by molar-refractivity contribution is 5.69. The fourth-order valence-electron chi connectivity index (χ4n) is 3.02. The van der Waals surface area contributed by atoms with Gasteiger partial charge in [0.25, 0.3) is 0 Å². The van der Waals surface area contributed by atoms with Crippen LogP contribution in [-0.2, 0) is 9.47 Å². The Bertz CT molecular complexity index is 355. The molecule has 2 aliphatic carbocycles. The lowest BCUT2D eigenvalue weighted by Gasteiger charge is -2.30. The number of rotatable bonds is 6. The smallest absolute Gasteiger partial charge is 0.410 e. The molecular formula is C17H32N2O3. The Morgan fingerprint density at radius 3 is 2.27 bits per heavy atom. The lowest BCUT2D eigenvalue weighted by Crippen LogP contribution is -2.44. The molecule has 1 amide bonds. The predicted molar refractivity (Wildman–Crippen MR) is 87.0 cm³/mol. The maximum Gasteiger partial charge on any atom is 0.410 e. The molecule has 0 atom stereocenters. The van der Waals surface area contributed by atoms with Gasteiger partial charge in [0.15, 0.2) is 0 Å². The maximum absolute atomic E-state index is 12.3. The lowest BCUT2D eigenvalue weighted by molar-refractivity contribution is 0.0231. The van der Waals surface area contributed by atoms with Crippen LogP contribution in [0.2, 0.25) is 0 Å². The molecular weight excluding hydrogens is 280 g/mol. The van der Waals surface area contributed by atoms with E-state index in [0.29, 0.717) is 18.2 Å². The van der Waals surface area contributed by atoms with Gasteiger partial charge in [0.1, 0.15) is 5.60 Å². The molecule has 0 spiro atoms. The van der Waals surface area contributed by atoms with Gasteiger partial charge >= 0.3 is 6.09 Å². The third kappa shape index (κ3) is 5.76. The molecule has 2 saturated carbocycles. The van der Waals surface area contributed by atoms with E-state index < -0.39 is 5.60 Å². The number of carbonyl (C=O) groups is 1. The van der Waals surface area contributed by atoms with Gasteiger partial charge in [-0.05, 0) is 59.3 Å². The van der Waals surface area contributed by atoms with E-state index in [4.69, 9.17) is 9.47 Å². The van der Waals surface area contributed by atoms with E-state index in [-0.39, 0.29) is 6.09 Å². The van der Waals surface area contributed by atoms with Crippen LogP contribution in [0.25, 0.3) is 0 Å². The largest absolute Gasteiger partial charge is 0.444 e. The van der Waals surface area contributed by atoms with Crippen molar-refractivity contribution in [2.75, 3.05) is 20.2 Å². The Hall–Kier alpha value is -0.810. The first-order valence-electron chi connectivity index (χ1n) is 8.65. The molecule has 2 fully saturated rings. The van der Waals surface area contributed by atoms with Gasteiger partial charge in [-0.2, -0.15) is 0 Å². The highest BCUT2D eigenvalue weighted by Gasteiger charge is 2.35. The summed E-state index contributed by atoms with van der Waals surface area (Å²) in [5.74, 6) is 0. The van der Waals surface area contributed by atoms with Crippen molar-refractivity contribution in [2.24, 2.45) is 0 Å². The molecule has 2 rings (SSSR count). The normalized spacial score (nSPS) is 25.8. The van der Waals surface area contributed by atoms with Crippen LogP contribution < -0.4 is 5.32 Å². The van der Waals surface area contributed by atoms with Gasteiger partial charge in [-0.3, -0.25) is 0 Å². The Morgan fingerprint density at radius 2 is 1.77 bits per heavy atom. The summed E-state index contributed by atoms with van der Waals surface area (Å²) in [5.41, 5.74) is -0.420. The SMILES string of the molecule is COC1CCC(NCCN(C(=O)OC(C)(C)C)C2CC2)CC1. The topological polar surface area (TPSA) is 50.8 Å². The molecule has 22 heavy (non-hydrogen) atoms. The standard InChI is InChI=1S/C17H32N2O3/c1-17(2,3)22-16(20)19(14-7-8-14)12-11-18-13-5-9-15(21-4)10-6-13/h13-15,18H,5-12H2,1-4H3. The van der Waals surface area contributed by atoms with Gasteiger partial charge in [0.05, 0.1) is 6.10 Å². The summed E-state index contributed by atoms with van der Waals surface area (Å²) in [6.45, 7) is 7.34. The first-order chi connectivity index (χ1) is 10.4. The highest BCUT2D eigenvalue weighted by Crippen LogP contribution is 2.28. The number of hydrogen-bond acceptors (Lipinski definition) is 4. The second kappa shape index (κ2) is 7.64. The van der Waals surface area contributed by atoms with E-state index in [1.165, 1.54) is 0 Å². The summed E-state index contributed by atoms with van der Waals surface area (Å²) < 4.78 is 10.9. The Morgan fingerprint density at radius 1 is 1.14 bits per heavy atom. The fraction of sp³-hybridized carbons (Fsp3) is 0.941. The number of ether oxygens (including phenoxy) is 2. The zero-order chi connectivity index (χ0) is 16.2. The summed E-state index contributed by atoms with van der Waals surface area (Å²) in [4.78, 5) is 14.2. The Kier molecular flexibility index (Phi) is 6.09. The van der Waals surface area contributed by atoms with Crippen LogP contribution in [0.1, 0.15) is 59.3 Å². The lowest BCUT2D eigenvalue weighted by atomic mass is 9.93. The van der Waals surface area contributed by atoms with Gasteiger partial charge in [-0.25, -0.2) is 4.79 Å². The minimum Gasteiger partial charge on any atom is -0.444 e. The zero-order valence-electron chi connectivity index (χ0n) is 14.6. The van der Waals surface area contributed by atoms with E-state index >= 15 is 0 Å². The number of nitrogens with one attached hydrogen (secondary N) is 1. The molecule has 0 unspecified atom stereocenters. The summed E-state index contributed by atoms with van der Waals surface area (Å²) in [6, 6.07) is 0.951. The molecule has 0 saturated heterocycles. The van der Waals surface area contributed by atoms with E-state index in [0.717, 1.165) is 51.6 Å². The first-order valence-corrected chi connectivity index (χ1v) is 8.65. The van der Waals surface area contributed by atoms with Gasteiger partial charge in [-0.1, -0.05) is 0 Å². The number of nitrogens with zero attached hydrogens (tertiary/aromatic N) is 1. The number of hydrogen-bond donors (Lipinski definition) is 1. The average Bonchev–Trinajstić information content (AvgIpc) is 3.26. The molecule has 5 nitrogen and oxygen atoms in total. The van der Waals surface area contributed by atoms with Crippen molar-refractivity contribution in [1.82, 2.24) is 10.2 Å². The Labute approximate surface area is 134 Å². The molecule has 0 bridgehead atoms. The van der Waals surface area contributed by atoms with Crippen LogP contribution >= 0.6 is 0 Å². The summed E-state index contributed by atoms with van der Waals surface area (Å²) >= 11 is 0. The van der Waals surface area contributed by atoms with E-state index in [9.17, 15) is 4.79 Å². The van der Waals surface area contributed by atoms with Crippen LogP contribution in [0.15, 0.2) is 0 Å². The maximum atomic E-state index is 12.3. The van der Waals surface area contributed by atoms with Crippen molar-refractivity contribution in [2.45, 2.75) is 83.1 Å². The molecule has 1 N–H and O–H groups in total. The third-order valence-electron chi connectivity index (χ3n) is 4.41. The van der Waals surface area contributed by atoms with E-state index in [1.54, 1.807) is 7.11 Å². The van der Waals surface area contributed by atoms with Crippen molar-refractivity contribution in [3.05, 3.63) is 0 Å². The van der Waals surface area contributed by atoms with Crippen LogP contribution in [0, 0.1) is 0 Å². The molecule has 2 aliphatic rings. The fourth-order valence-corrected chi connectivity index (χ4v) is 3.02. The van der Waals surface area contributed by atoms with Crippen LogP contribution in [-0.4, -0.2) is 55.0 Å². The highest BCUT2D eigenvalue weighted by atomic mass is 16.6. The van der Waals surface area contributed by atoms with Gasteiger partial charge in [0.2, 0.25) is 0 Å². The predicted octanol–water partition coefficient (Wildman–Crippen LogP) is 2.93. The van der Waals surface area contributed by atoms with Gasteiger partial charge < -0.3 is 19.7 Å². The third-order valence-corrected chi connectivity index (χ3v) is 4.41. The second-order valence-electron chi connectivity index (χ2n) is 7.57. The Balaban J connectivity index is 1.70. The van der Waals surface area contributed by atoms with E-state index in [2.05, 4.69) is 5.32 Å². The summed E-state index contributed by atoms with van der Waals surface area (Å²) in [6.07, 6.45) is 7.07. The molecule has 0 heterocycles. The molecule has 0 radical (unpaired) electrons. The molecule has 0 aliphatic heterocycles. The van der Waals surface area contributed by atoms with Crippen molar-refractivity contribution in [3.63, 3.8) is 0 Å². The number of carbonyl (C=O) groups excluding carboxylic acids is 1. The minimum absolute atomic E-state index is 0.167. The van der Waals surface area contributed by atoms with E-state index in [1.807, 2.05) is 25.7 Å².